The Hall–Kier alpha value is -4.96. The van der Waals surface area contributed by atoms with Gasteiger partial charge in [0.25, 0.3) is 5.91 Å². The molecule has 15 nitrogen and oxygen atoms in total. The van der Waals surface area contributed by atoms with Gasteiger partial charge < -0.3 is 44.3 Å². The summed E-state index contributed by atoms with van der Waals surface area (Å²) in [6.45, 7) is 12.3. The van der Waals surface area contributed by atoms with Crippen LogP contribution < -0.4 is 5.32 Å². The number of aliphatic hydroxyl groups is 3. The van der Waals surface area contributed by atoms with Crippen LogP contribution in [0.5, 0.6) is 0 Å². The summed E-state index contributed by atoms with van der Waals surface area (Å²) in [5, 5.41) is 41.0. The molecule has 3 aliphatic carbocycles. The molecule has 1 aliphatic heterocycles. The van der Waals surface area contributed by atoms with Gasteiger partial charge in [-0.2, -0.15) is 0 Å². The Morgan fingerprint density at radius 2 is 1.42 bits per heavy atom. The van der Waals surface area contributed by atoms with Gasteiger partial charge in [-0.25, -0.2) is 4.79 Å². The maximum Gasteiger partial charge on any atom is 0.350 e. The number of carbonyl (C=O) groups is 6. The smallest absolute Gasteiger partial charge is 0.350 e. The van der Waals surface area contributed by atoms with Crippen LogP contribution in [0.15, 0.2) is 71.8 Å². The van der Waals surface area contributed by atoms with Gasteiger partial charge in [-0.05, 0) is 48.6 Å². The monoisotopic (exact) mass is 988 g/mol. The first kappa shape index (κ1) is 55.4. The summed E-state index contributed by atoms with van der Waals surface area (Å²) in [4.78, 5) is 84.3. The zero-order chi connectivity index (χ0) is 51.9. The molecule has 2 aromatic rings. The van der Waals surface area contributed by atoms with Crippen molar-refractivity contribution in [2.24, 2.45) is 22.7 Å². The van der Waals surface area contributed by atoms with Crippen molar-refractivity contribution in [3.8, 4) is 0 Å². The molecule has 1 amide bonds. The number of unbranched alkanes of at least 4 members (excludes halogenated alkanes) is 9. The molecule has 0 aromatic heterocycles. The van der Waals surface area contributed by atoms with E-state index in [1.807, 2.05) is 6.92 Å². The van der Waals surface area contributed by atoms with Crippen LogP contribution in [0, 0.1) is 22.7 Å². The van der Waals surface area contributed by atoms with Gasteiger partial charge >= 0.3 is 23.9 Å². The van der Waals surface area contributed by atoms with Crippen molar-refractivity contribution in [2.75, 3.05) is 6.61 Å². The van der Waals surface area contributed by atoms with E-state index in [4.69, 9.17) is 23.7 Å². The molecule has 4 N–H and O–H groups in total. The van der Waals surface area contributed by atoms with E-state index in [1.165, 1.54) is 51.9 Å². The molecule has 15 heteroatoms. The Labute approximate surface area is 418 Å². The van der Waals surface area contributed by atoms with Crippen molar-refractivity contribution in [3.05, 3.63) is 82.9 Å². The molecular weight excluding hydrogens is 911 g/mol. The highest BCUT2D eigenvalue weighted by molar-refractivity contribution is 5.96. The van der Waals surface area contributed by atoms with Crippen LogP contribution in [-0.4, -0.2) is 105 Å². The van der Waals surface area contributed by atoms with Crippen LogP contribution in [0.3, 0.4) is 0 Å². The van der Waals surface area contributed by atoms with Gasteiger partial charge in [0.2, 0.25) is 6.10 Å². The standard InChI is InChI=1S/C56H77NO14/c1-9-10-11-12-13-14-15-16-17-20-25-34(2)30-43(61)70-47(45(38-26-21-18-22-27-38)57-51(64)39-28-23-19-24-29-39)52(65)69-40-32-56(66)50(63)48-54(8,41(60)31-42-55(48,33-67-42)71-37(5)59)49(62)46(68-36(4)58)44(35(40)3)53(56,6)7/h18-19,21-24,26-29,34,40-42,45-48,50,60,63,66H,9-17,20,25,30-33H2,1-8H3,(H,57,64)/t34?,40-,41-,42+,45-,46+,47+,48-,50-,54+,55-,56+/m0/s1. The molecule has 2 saturated carbocycles. The second-order valence-electron chi connectivity index (χ2n) is 21.4. The number of benzene rings is 2. The lowest BCUT2D eigenvalue weighted by Crippen LogP contribution is -2.81. The fraction of sp³-hybridized carbons (Fsp3) is 0.643. The highest BCUT2D eigenvalue weighted by Gasteiger charge is 2.77. The van der Waals surface area contributed by atoms with Crippen LogP contribution in [0.4, 0.5) is 0 Å². The fourth-order valence-corrected chi connectivity index (χ4v) is 12.0. The molecule has 390 valence electrons. The molecule has 6 rings (SSSR count). The van der Waals surface area contributed by atoms with Crippen molar-refractivity contribution in [1.29, 1.82) is 0 Å². The zero-order valence-electron chi connectivity index (χ0n) is 42.9. The van der Waals surface area contributed by atoms with Crippen LogP contribution in [0.2, 0.25) is 0 Å². The predicted molar refractivity (Wildman–Crippen MR) is 262 cm³/mol. The highest BCUT2D eigenvalue weighted by atomic mass is 16.6. The SMILES string of the molecule is CCCCCCCCCCCCC(C)CC(=O)O[C@@H](C(=O)O[C@H]1C[C@@]2(O)[C@@H](O)[C@@H]3[C@]4(OC(C)=O)CO[C@@H]4C[C@H](O)[C@@]3(C)C(=O)[C@H](OC(C)=O)C(=C1C)C2(C)C)[C@@H](NC(=O)c1ccccc1)c1ccccc1. The summed E-state index contributed by atoms with van der Waals surface area (Å²) >= 11 is 0. The van der Waals surface area contributed by atoms with Crippen LogP contribution >= 0.6 is 0 Å². The Bertz CT molecular complexity index is 2250. The molecule has 2 bridgehead atoms. The van der Waals surface area contributed by atoms with Gasteiger partial charge in [0, 0.05) is 50.0 Å². The lowest BCUT2D eigenvalue weighted by atomic mass is 9.44. The lowest BCUT2D eigenvalue weighted by Gasteiger charge is -2.67. The Morgan fingerprint density at radius 1 is 0.831 bits per heavy atom. The van der Waals surface area contributed by atoms with Gasteiger partial charge in [-0.15, -0.1) is 0 Å². The average molecular weight is 988 g/mol. The van der Waals surface area contributed by atoms with Gasteiger partial charge in [0.15, 0.2) is 17.5 Å². The number of fused-ring (bicyclic) bond motifs is 5. The first-order chi connectivity index (χ1) is 33.6. The molecule has 2 aromatic carbocycles. The maximum absolute atomic E-state index is 15.3. The predicted octanol–water partition coefficient (Wildman–Crippen LogP) is 7.76. The zero-order valence-corrected chi connectivity index (χ0v) is 42.9. The second kappa shape index (κ2) is 23.3. The van der Waals surface area contributed by atoms with Crippen molar-refractivity contribution >= 4 is 35.6 Å². The molecule has 1 unspecified atom stereocenters. The van der Waals surface area contributed by atoms with E-state index in [9.17, 15) is 34.5 Å². The first-order valence-electron chi connectivity index (χ1n) is 25.8. The van der Waals surface area contributed by atoms with Crippen LogP contribution in [-0.2, 0) is 47.7 Å². The summed E-state index contributed by atoms with van der Waals surface area (Å²) in [7, 11) is 0. The van der Waals surface area contributed by atoms with Crippen molar-refractivity contribution in [3.63, 3.8) is 0 Å². The van der Waals surface area contributed by atoms with Crippen molar-refractivity contribution in [1.82, 2.24) is 5.32 Å². The van der Waals surface area contributed by atoms with Gasteiger partial charge in [0.1, 0.15) is 23.9 Å². The van der Waals surface area contributed by atoms with E-state index in [0.29, 0.717) is 5.56 Å². The molecule has 3 fully saturated rings. The third-order valence-electron chi connectivity index (χ3n) is 16.1. The number of amides is 1. The van der Waals surface area contributed by atoms with Gasteiger partial charge in [0.05, 0.1) is 24.2 Å². The molecule has 0 radical (unpaired) electrons. The quantitative estimate of drug-likeness (QED) is 0.0384. The molecule has 4 aliphatic rings. The summed E-state index contributed by atoms with van der Waals surface area (Å²) in [5.74, 6) is -6.48. The topological polar surface area (TPSA) is 221 Å². The maximum atomic E-state index is 15.3. The van der Waals surface area contributed by atoms with Gasteiger partial charge in [-0.1, -0.05) is 147 Å². The van der Waals surface area contributed by atoms with E-state index in [0.717, 1.165) is 39.5 Å². The molecule has 0 spiro atoms. The lowest BCUT2D eigenvalue weighted by molar-refractivity contribution is -0.346. The molecule has 71 heavy (non-hydrogen) atoms. The summed E-state index contributed by atoms with van der Waals surface area (Å²) in [6, 6.07) is 15.5. The minimum absolute atomic E-state index is 0.0232. The Morgan fingerprint density at radius 3 is 1.99 bits per heavy atom. The van der Waals surface area contributed by atoms with E-state index in [-0.39, 0.29) is 42.1 Å². The first-order valence-corrected chi connectivity index (χ1v) is 25.8. The third kappa shape index (κ3) is 11.5. The van der Waals surface area contributed by atoms with E-state index >= 15 is 9.59 Å². The van der Waals surface area contributed by atoms with E-state index in [2.05, 4.69) is 12.2 Å². The van der Waals surface area contributed by atoms with Crippen molar-refractivity contribution < 1.29 is 67.8 Å². The number of aliphatic hydroxyl groups excluding tert-OH is 2. The number of rotatable bonds is 22. The summed E-state index contributed by atoms with van der Waals surface area (Å²) in [6.07, 6.45) is 2.24. The molecule has 12 atom stereocenters. The molecular formula is C56H77NO14. The number of ether oxygens (including phenoxy) is 5. The van der Waals surface area contributed by atoms with E-state index < -0.39 is 113 Å². The van der Waals surface area contributed by atoms with Gasteiger partial charge in [-0.3, -0.25) is 24.0 Å². The largest absolute Gasteiger partial charge is 0.455 e. The number of ketones is 1. The number of Topliss-reactive ketones (excluding diaryl/α,β-unsaturated/α-hetero) is 1. The third-order valence-corrected chi connectivity index (χ3v) is 16.1. The minimum Gasteiger partial charge on any atom is -0.455 e. The fourth-order valence-electron chi connectivity index (χ4n) is 12.0. The van der Waals surface area contributed by atoms with Crippen LogP contribution in [0.1, 0.15) is 167 Å². The number of hydrogen-bond acceptors (Lipinski definition) is 14. The van der Waals surface area contributed by atoms with Crippen molar-refractivity contribution in [2.45, 2.75) is 199 Å². The summed E-state index contributed by atoms with van der Waals surface area (Å²) in [5.41, 5.74) is -6.77. The number of esters is 4. The number of hydrogen-bond donors (Lipinski definition) is 4. The average Bonchev–Trinajstić information content (AvgIpc) is 3.32. The highest BCUT2D eigenvalue weighted by Crippen LogP contribution is 2.63. The van der Waals surface area contributed by atoms with E-state index in [1.54, 1.807) is 81.4 Å². The molecule has 1 heterocycles. The normalized spacial score (nSPS) is 29.9. The Kier molecular flexibility index (Phi) is 18.2. The van der Waals surface area contributed by atoms with Crippen LogP contribution in [0.25, 0.3) is 0 Å². The minimum atomic E-state index is -2.36. The number of carbonyl (C=O) groups excluding carboxylic acids is 6. The molecule has 1 saturated heterocycles. The second-order valence-corrected chi connectivity index (χ2v) is 21.4. The summed E-state index contributed by atoms with van der Waals surface area (Å²) < 4.78 is 30.1. The Balaban J connectivity index is 1.35. The number of nitrogens with one attached hydrogen (secondary N) is 1.